The van der Waals surface area contributed by atoms with Crippen LogP contribution in [0, 0.1) is 0 Å². The lowest BCUT2D eigenvalue weighted by atomic mass is 10.1. The maximum atomic E-state index is 12.6. The van der Waals surface area contributed by atoms with E-state index in [1.54, 1.807) is 18.2 Å². The van der Waals surface area contributed by atoms with E-state index in [1.807, 2.05) is 30.5 Å². The van der Waals surface area contributed by atoms with Gasteiger partial charge in [0.05, 0.1) is 10.9 Å². The molecule has 0 fully saturated rings. The molecule has 144 valence electrons. The van der Waals surface area contributed by atoms with Gasteiger partial charge in [0.25, 0.3) is 11.5 Å². The summed E-state index contributed by atoms with van der Waals surface area (Å²) in [5.74, 6) is -0.399. The van der Waals surface area contributed by atoms with Crippen molar-refractivity contribution in [2.24, 2.45) is 0 Å². The van der Waals surface area contributed by atoms with Crippen molar-refractivity contribution in [2.75, 3.05) is 6.54 Å². The van der Waals surface area contributed by atoms with E-state index in [9.17, 15) is 9.59 Å². The van der Waals surface area contributed by atoms with Gasteiger partial charge in [0.1, 0.15) is 0 Å². The van der Waals surface area contributed by atoms with Gasteiger partial charge >= 0.3 is 0 Å². The third-order valence-electron chi connectivity index (χ3n) is 4.89. The molecule has 5 rings (SSSR count). The molecule has 0 saturated carbocycles. The van der Waals surface area contributed by atoms with E-state index >= 15 is 0 Å². The minimum Gasteiger partial charge on any atom is -0.361 e. The molecule has 0 aliphatic heterocycles. The second-order valence-electron chi connectivity index (χ2n) is 6.66. The molecule has 3 aromatic heterocycles. The number of para-hydroxylation sites is 1. The monoisotopic (exact) mass is 406 g/mol. The summed E-state index contributed by atoms with van der Waals surface area (Å²) in [5.41, 5.74) is 2.51. The Balaban J connectivity index is 1.40. The molecule has 0 aliphatic carbocycles. The highest BCUT2D eigenvalue weighted by Gasteiger charge is 2.18. The normalized spacial score (nSPS) is 11.5. The van der Waals surface area contributed by atoms with Gasteiger partial charge in [-0.05, 0) is 36.2 Å². The zero-order chi connectivity index (χ0) is 20.0. The first-order valence-electron chi connectivity index (χ1n) is 9.01. The molecule has 1 amide bonds. The Hall–Kier alpha value is -3.65. The molecule has 0 spiro atoms. The van der Waals surface area contributed by atoms with Crippen LogP contribution in [-0.4, -0.2) is 37.2 Å². The molecule has 3 heterocycles. The van der Waals surface area contributed by atoms with Crippen molar-refractivity contribution in [3.8, 4) is 0 Å². The molecule has 29 heavy (non-hydrogen) atoms. The summed E-state index contributed by atoms with van der Waals surface area (Å²) in [4.78, 5) is 32.2. The fourth-order valence-corrected chi connectivity index (χ4v) is 3.66. The molecule has 8 nitrogen and oxygen atoms in total. The van der Waals surface area contributed by atoms with E-state index in [0.717, 1.165) is 16.5 Å². The lowest BCUT2D eigenvalue weighted by molar-refractivity contribution is 0.0950. The number of amides is 1. The number of hydrogen-bond donors (Lipinski definition) is 3. The Morgan fingerprint density at radius 3 is 2.93 bits per heavy atom. The molecule has 5 aromatic rings. The van der Waals surface area contributed by atoms with Crippen LogP contribution in [-0.2, 0) is 6.42 Å². The number of benzene rings is 2. The summed E-state index contributed by atoms with van der Waals surface area (Å²) >= 11 is 5.97. The number of fused-ring (bicyclic) bond motifs is 4. The van der Waals surface area contributed by atoms with Crippen molar-refractivity contribution < 1.29 is 4.79 Å². The first-order valence-corrected chi connectivity index (χ1v) is 9.39. The average Bonchev–Trinajstić information content (AvgIpc) is 3.33. The Labute approximate surface area is 168 Å². The minimum atomic E-state index is -0.461. The topological polar surface area (TPSA) is 108 Å². The van der Waals surface area contributed by atoms with E-state index in [2.05, 4.69) is 25.6 Å². The molecule has 0 aliphatic rings. The SMILES string of the molecule is O=C(NCCc1c[nH]c2ccccc12)c1n[nH]n2c1nc(=O)c1cc(Cl)ccc12. The van der Waals surface area contributed by atoms with Crippen LogP contribution in [0.2, 0.25) is 5.02 Å². The Bertz CT molecular complexity index is 1450. The fourth-order valence-electron chi connectivity index (χ4n) is 3.49. The van der Waals surface area contributed by atoms with Crippen LogP contribution in [0.4, 0.5) is 0 Å². The van der Waals surface area contributed by atoms with Crippen LogP contribution in [0.25, 0.3) is 27.5 Å². The molecular formula is C20H15ClN6O2. The third kappa shape index (κ3) is 2.94. The molecule has 0 atom stereocenters. The minimum absolute atomic E-state index is 0.0675. The van der Waals surface area contributed by atoms with Gasteiger partial charge in [-0.2, -0.15) is 4.98 Å². The number of rotatable bonds is 4. The van der Waals surface area contributed by atoms with Gasteiger partial charge in [-0.15, -0.1) is 5.10 Å². The number of aromatic nitrogens is 5. The lowest BCUT2D eigenvalue weighted by Gasteiger charge is -2.03. The van der Waals surface area contributed by atoms with E-state index in [1.165, 1.54) is 4.52 Å². The van der Waals surface area contributed by atoms with Gasteiger partial charge in [0.2, 0.25) is 0 Å². The molecule has 0 saturated heterocycles. The van der Waals surface area contributed by atoms with Crippen molar-refractivity contribution in [1.29, 1.82) is 0 Å². The van der Waals surface area contributed by atoms with Gasteiger partial charge < -0.3 is 10.3 Å². The largest absolute Gasteiger partial charge is 0.361 e. The average molecular weight is 407 g/mol. The van der Waals surface area contributed by atoms with Crippen LogP contribution in [0.3, 0.4) is 0 Å². The van der Waals surface area contributed by atoms with Crippen molar-refractivity contribution in [3.63, 3.8) is 0 Å². The second-order valence-corrected chi connectivity index (χ2v) is 7.10. The van der Waals surface area contributed by atoms with Crippen LogP contribution < -0.4 is 10.9 Å². The van der Waals surface area contributed by atoms with Crippen molar-refractivity contribution in [3.05, 3.63) is 75.3 Å². The number of aromatic amines is 2. The standard InChI is InChI=1S/C20H15ClN6O2/c21-12-5-6-16-14(9-12)19(28)24-18-17(25-26-27(16)18)20(29)22-8-7-11-10-23-15-4-2-1-3-13(11)15/h1-6,9-10,23,26H,7-8H2,(H,22,29). The number of hydrogen-bond acceptors (Lipinski definition) is 4. The van der Waals surface area contributed by atoms with Gasteiger partial charge in [0, 0.05) is 28.7 Å². The first-order chi connectivity index (χ1) is 14.1. The Morgan fingerprint density at radius 2 is 2.03 bits per heavy atom. The zero-order valence-corrected chi connectivity index (χ0v) is 15.8. The van der Waals surface area contributed by atoms with Gasteiger partial charge in [0.15, 0.2) is 11.3 Å². The molecule has 0 radical (unpaired) electrons. The molecule has 0 unspecified atom stereocenters. The lowest BCUT2D eigenvalue weighted by Crippen LogP contribution is -2.26. The molecule has 9 heteroatoms. The highest BCUT2D eigenvalue weighted by Crippen LogP contribution is 2.19. The van der Waals surface area contributed by atoms with Gasteiger partial charge in [-0.25, -0.2) is 9.73 Å². The van der Waals surface area contributed by atoms with Gasteiger partial charge in [-0.1, -0.05) is 29.8 Å². The van der Waals surface area contributed by atoms with Crippen LogP contribution in [0.1, 0.15) is 16.1 Å². The Kier molecular flexibility index (Phi) is 4.06. The maximum absolute atomic E-state index is 12.6. The molecule has 0 bridgehead atoms. The third-order valence-corrected chi connectivity index (χ3v) is 5.13. The van der Waals surface area contributed by atoms with Gasteiger partial charge in [-0.3, -0.25) is 9.59 Å². The smallest absolute Gasteiger partial charge is 0.281 e. The summed E-state index contributed by atoms with van der Waals surface area (Å²) in [6.07, 6.45) is 2.60. The summed E-state index contributed by atoms with van der Waals surface area (Å²) in [6, 6.07) is 12.9. The number of halogens is 1. The summed E-state index contributed by atoms with van der Waals surface area (Å²) in [7, 11) is 0. The molecular weight excluding hydrogens is 392 g/mol. The summed E-state index contributed by atoms with van der Waals surface area (Å²) < 4.78 is 1.50. The summed E-state index contributed by atoms with van der Waals surface area (Å²) in [5, 5.41) is 11.6. The zero-order valence-electron chi connectivity index (χ0n) is 15.1. The van der Waals surface area contributed by atoms with E-state index in [-0.39, 0.29) is 11.3 Å². The number of nitrogens with one attached hydrogen (secondary N) is 3. The quantitative estimate of drug-likeness (QED) is 0.426. The maximum Gasteiger partial charge on any atom is 0.281 e. The number of carbonyl (C=O) groups is 1. The first kappa shape index (κ1) is 17.4. The van der Waals surface area contributed by atoms with Crippen LogP contribution in [0.15, 0.2) is 53.5 Å². The number of carbonyl (C=O) groups excluding carboxylic acids is 1. The van der Waals surface area contributed by atoms with E-state index in [4.69, 9.17) is 11.6 Å². The number of H-pyrrole nitrogens is 2. The summed E-state index contributed by atoms with van der Waals surface area (Å²) in [6.45, 7) is 0.424. The van der Waals surface area contributed by atoms with Crippen LogP contribution in [0.5, 0.6) is 0 Å². The van der Waals surface area contributed by atoms with E-state index < -0.39 is 11.5 Å². The van der Waals surface area contributed by atoms with Crippen LogP contribution >= 0.6 is 11.6 Å². The highest BCUT2D eigenvalue weighted by atomic mass is 35.5. The van der Waals surface area contributed by atoms with Crippen molar-refractivity contribution in [2.45, 2.75) is 6.42 Å². The predicted molar refractivity (Wildman–Crippen MR) is 110 cm³/mol. The molecule has 3 N–H and O–H groups in total. The van der Waals surface area contributed by atoms with Crippen molar-refractivity contribution in [1.82, 2.24) is 30.1 Å². The second kappa shape index (κ2) is 6.75. The fraction of sp³-hybridized carbons (Fsp3) is 0.100. The number of nitrogens with zero attached hydrogens (tertiary/aromatic N) is 3. The molecule has 2 aromatic carbocycles. The predicted octanol–water partition coefficient (Wildman–Crippen LogP) is 2.68. The highest BCUT2D eigenvalue weighted by molar-refractivity contribution is 6.31. The van der Waals surface area contributed by atoms with Crippen molar-refractivity contribution >= 4 is 45.0 Å². The Morgan fingerprint density at radius 1 is 1.17 bits per heavy atom. The van der Waals surface area contributed by atoms with E-state index in [0.29, 0.717) is 28.9 Å².